The van der Waals surface area contributed by atoms with Gasteiger partial charge in [0, 0.05) is 25.2 Å². The molecule has 0 radical (unpaired) electrons. The van der Waals surface area contributed by atoms with Gasteiger partial charge in [0.15, 0.2) is 5.67 Å². The van der Waals surface area contributed by atoms with Crippen LogP contribution in [-0.4, -0.2) is 35.4 Å². The van der Waals surface area contributed by atoms with Crippen LogP contribution >= 0.6 is 0 Å². The number of hydrogen-bond donors (Lipinski definition) is 2. The van der Waals surface area contributed by atoms with Crippen LogP contribution in [0.5, 0.6) is 0 Å². The Bertz CT molecular complexity index is 671. The van der Waals surface area contributed by atoms with Crippen LogP contribution in [0.15, 0.2) is 12.1 Å². The Morgan fingerprint density at radius 2 is 2.15 bits per heavy atom. The first-order chi connectivity index (χ1) is 12.5. The van der Waals surface area contributed by atoms with E-state index in [9.17, 15) is 14.0 Å². The molecular formula is C20H28FN3O2. The summed E-state index contributed by atoms with van der Waals surface area (Å²) in [5.74, 6) is 0.565. The molecule has 1 aliphatic heterocycles. The van der Waals surface area contributed by atoms with Gasteiger partial charge in [-0.15, -0.1) is 0 Å². The molecular weight excluding hydrogens is 333 g/mol. The molecule has 1 aromatic rings. The number of carbonyl (C=O) groups excluding carboxylic acids is 2. The predicted molar refractivity (Wildman–Crippen MR) is 98.9 cm³/mol. The van der Waals surface area contributed by atoms with E-state index >= 15 is 0 Å². The second-order valence-electron chi connectivity index (χ2n) is 7.70. The minimum absolute atomic E-state index is 0.0203. The van der Waals surface area contributed by atoms with Gasteiger partial charge >= 0.3 is 0 Å². The number of alkyl halides is 1. The van der Waals surface area contributed by atoms with E-state index in [0.717, 1.165) is 50.2 Å². The Morgan fingerprint density at radius 1 is 1.35 bits per heavy atom. The predicted octanol–water partition coefficient (Wildman–Crippen LogP) is 2.98. The molecule has 0 unspecified atom stereocenters. The molecule has 0 saturated heterocycles. The van der Waals surface area contributed by atoms with Gasteiger partial charge in [0.25, 0.3) is 5.91 Å². The summed E-state index contributed by atoms with van der Waals surface area (Å²) in [6.45, 7) is 2.96. The number of anilines is 1. The Labute approximate surface area is 154 Å². The van der Waals surface area contributed by atoms with Crippen molar-refractivity contribution in [2.45, 2.75) is 64.0 Å². The fraction of sp³-hybridized carbons (Fsp3) is 0.650. The molecule has 1 aromatic heterocycles. The van der Waals surface area contributed by atoms with E-state index in [1.807, 2.05) is 0 Å². The van der Waals surface area contributed by atoms with Crippen molar-refractivity contribution in [3.05, 3.63) is 23.4 Å². The Kier molecular flexibility index (Phi) is 5.89. The number of hydrogen-bond acceptors (Lipinski definition) is 4. The summed E-state index contributed by atoms with van der Waals surface area (Å²) < 4.78 is 14.4. The molecule has 2 N–H and O–H groups in total. The molecule has 0 atom stereocenters. The van der Waals surface area contributed by atoms with Gasteiger partial charge in [-0.2, -0.15) is 0 Å². The van der Waals surface area contributed by atoms with Gasteiger partial charge in [-0.3, -0.25) is 4.79 Å². The lowest BCUT2D eigenvalue weighted by Crippen LogP contribution is -2.52. The van der Waals surface area contributed by atoms with Crippen LogP contribution in [0, 0.1) is 5.92 Å². The number of pyridine rings is 1. The third-order valence-electron chi connectivity index (χ3n) is 5.30. The molecule has 5 nitrogen and oxygen atoms in total. The fourth-order valence-electron chi connectivity index (χ4n) is 3.89. The number of nitrogens with zero attached hydrogens (tertiary/aromatic N) is 1. The number of carbonyl (C=O) groups is 2. The van der Waals surface area contributed by atoms with Crippen molar-refractivity contribution in [2.24, 2.45) is 5.92 Å². The van der Waals surface area contributed by atoms with E-state index in [1.54, 1.807) is 0 Å². The second-order valence-corrected chi connectivity index (χ2v) is 7.70. The van der Waals surface area contributed by atoms with Crippen molar-refractivity contribution >= 4 is 17.5 Å². The highest BCUT2D eigenvalue weighted by Crippen LogP contribution is 2.43. The summed E-state index contributed by atoms with van der Waals surface area (Å²) in [5, 5.41) is 6.04. The summed E-state index contributed by atoms with van der Waals surface area (Å²) >= 11 is 0. The molecule has 0 spiro atoms. The maximum atomic E-state index is 14.4. The van der Waals surface area contributed by atoms with Crippen LogP contribution < -0.4 is 10.6 Å². The maximum Gasteiger partial charge on any atom is 0.257 e. The van der Waals surface area contributed by atoms with E-state index < -0.39 is 11.6 Å². The van der Waals surface area contributed by atoms with Crippen molar-refractivity contribution in [1.82, 2.24) is 10.3 Å². The summed E-state index contributed by atoms with van der Waals surface area (Å²) in [5.41, 5.74) is 0.563. The number of amides is 1. The monoisotopic (exact) mass is 361 g/mol. The quantitative estimate of drug-likeness (QED) is 0.699. The highest BCUT2D eigenvalue weighted by Gasteiger charge is 2.50. The molecule has 2 aliphatic rings. The number of aryl methyl sites for hydroxylation is 2. The molecule has 1 amide bonds. The standard InChI is InChI=1S/C20H28FN3O2/c1-14(25)11-15-12-20(21,13-15)19(26)23-9-3-2-6-17-8-7-16-5-4-10-22-18(16)24-17/h7-8,15H,2-6,9-13H2,1H3,(H,22,24)(H,23,26). The fourth-order valence-corrected chi connectivity index (χ4v) is 3.89. The maximum absolute atomic E-state index is 14.4. The number of nitrogens with one attached hydrogen (secondary N) is 2. The summed E-state index contributed by atoms with van der Waals surface area (Å²) in [7, 11) is 0. The van der Waals surface area contributed by atoms with Gasteiger partial charge in [-0.1, -0.05) is 6.07 Å². The number of halogens is 1. The largest absolute Gasteiger partial charge is 0.370 e. The second kappa shape index (κ2) is 8.14. The SMILES string of the molecule is CC(=O)CC1CC(F)(C(=O)NCCCCc2ccc3c(n2)NCCC3)C1. The third kappa shape index (κ3) is 4.59. The van der Waals surface area contributed by atoms with E-state index in [1.165, 1.54) is 12.5 Å². The lowest BCUT2D eigenvalue weighted by molar-refractivity contribution is -0.144. The summed E-state index contributed by atoms with van der Waals surface area (Å²) in [6.07, 6.45) is 5.51. The van der Waals surface area contributed by atoms with Gasteiger partial charge < -0.3 is 15.4 Å². The average Bonchev–Trinajstić information content (AvgIpc) is 2.59. The molecule has 3 rings (SSSR count). The molecule has 1 aliphatic carbocycles. The Balaban J connectivity index is 1.33. The molecule has 0 aromatic carbocycles. The summed E-state index contributed by atoms with van der Waals surface area (Å²) in [4.78, 5) is 27.7. The molecule has 1 saturated carbocycles. The normalized spacial score (nSPS) is 24.2. The zero-order chi connectivity index (χ0) is 18.6. The Morgan fingerprint density at radius 3 is 2.92 bits per heavy atom. The first-order valence-corrected chi connectivity index (χ1v) is 9.65. The van der Waals surface area contributed by atoms with Crippen molar-refractivity contribution < 1.29 is 14.0 Å². The number of Topliss-reactive ketones (excluding diaryl/α,β-unsaturated/α-hetero) is 1. The van der Waals surface area contributed by atoms with E-state index in [0.29, 0.717) is 13.0 Å². The Hall–Kier alpha value is -1.98. The first kappa shape index (κ1) is 18.8. The highest BCUT2D eigenvalue weighted by atomic mass is 19.1. The summed E-state index contributed by atoms with van der Waals surface area (Å²) in [6, 6.07) is 4.22. The van der Waals surface area contributed by atoms with Crippen LogP contribution in [0.3, 0.4) is 0 Å². The van der Waals surface area contributed by atoms with Gasteiger partial charge in [0.1, 0.15) is 11.6 Å². The van der Waals surface area contributed by atoms with E-state index in [-0.39, 0.29) is 24.5 Å². The average molecular weight is 361 g/mol. The zero-order valence-corrected chi connectivity index (χ0v) is 15.4. The van der Waals surface area contributed by atoms with Gasteiger partial charge in [0.2, 0.25) is 0 Å². The molecule has 2 heterocycles. The molecule has 142 valence electrons. The minimum atomic E-state index is -1.77. The van der Waals surface area contributed by atoms with E-state index in [2.05, 4.69) is 27.8 Å². The van der Waals surface area contributed by atoms with Crippen LogP contribution in [0.1, 0.15) is 56.7 Å². The van der Waals surface area contributed by atoms with Crippen molar-refractivity contribution in [2.75, 3.05) is 18.4 Å². The molecule has 1 fully saturated rings. The third-order valence-corrected chi connectivity index (χ3v) is 5.30. The minimum Gasteiger partial charge on any atom is -0.370 e. The van der Waals surface area contributed by atoms with Crippen molar-refractivity contribution in [3.63, 3.8) is 0 Å². The highest BCUT2D eigenvalue weighted by molar-refractivity contribution is 5.86. The lowest BCUT2D eigenvalue weighted by atomic mass is 9.70. The van der Waals surface area contributed by atoms with Gasteiger partial charge in [-0.05, 0) is 69.4 Å². The van der Waals surface area contributed by atoms with Gasteiger partial charge in [-0.25, -0.2) is 9.37 Å². The van der Waals surface area contributed by atoms with Crippen molar-refractivity contribution in [1.29, 1.82) is 0 Å². The molecule has 26 heavy (non-hydrogen) atoms. The number of rotatable bonds is 8. The number of ketones is 1. The smallest absolute Gasteiger partial charge is 0.257 e. The molecule has 6 heteroatoms. The number of fused-ring (bicyclic) bond motifs is 1. The topological polar surface area (TPSA) is 71.1 Å². The lowest BCUT2D eigenvalue weighted by Gasteiger charge is -2.39. The van der Waals surface area contributed by atoms with Gasteiger partial charge in [0.05, 0.1) is 0 Å². The van der Waals surface area contributed by atoms with Crippen molar-refractivity contribution in [3.8, 4) is 0 Å². The van der Waals surface area contributed by atoms with Crippen LogP contribution in [0.4, 0.5) is 10.2 Å². The van der Waals surface area contributed by atoms with Crippen LogP contribution in [-0.2, 0) is 22.4 Å². The van der Waals surface area contributed by atoms with E-state index in [4.69, 9.17) is 0 Å². The molecule has 0 bridgehead atoms. The zero-order valence-electron chi connectivity index (χ0n) is 15.4. The van der Waals surface area contributed by atoms with Crippen LogP contribution in [0.2, 0.25) is 0 Å². The number of aromatic nitrogens is 1. The number of unbranched alkanes of at least 4 members (excludes halogenated alkanes) is 1. The van der Waals surface area contributed by atoms with Crippen LogP contribution in [0.25, 0.3) is 0 Å². The first-order valence-electron chi connectivity index (χ1n) is 9.65.